The summed E-state index contributed by atoms with van der Waals surface area (Å²) < 4.78 is 0. The highest BCUT2D eigenvalue weighted by molar-refractivity contribution is 5.76. The van der Waals surface area contributed by atoms with Crippen LogP contribution in [0.25, 0.3) is 0 Å². The van der Waals surface area contributed by atoms with E-state index in [-0.39, 0.29) is 18.7 Å². The van der Waals surface area contributed by atoms with Crippen LogP contribution in [0.15, 0.2) is 0 Å². The highest BCUT2D eigenvalue weighted by Gasteiger charge is 2.18. The molecule has 0 aromatic rings. The molecule has 6 nitrogen and oxygen atoms in total. The van der Waals surface area contributed by atoms with Crippen LogP contribution in [0.1, 0.15) is 55.4 Å². The van der Waals surface area contributed by atoms with Crippen LogP contribution in [0.5, 0.6) is 0 Å². The van der Waals surface area contributed by atoms with Crippen molar-refractivity contribution in [2.24, 2.45) is 23.7 Å². The van der Waals surface area contributed by atoms with Gasteiger partial charge in [-0.15, -0.1) is 0 Å². The molecule has 0 saturated carbocycles. The zero-order chi connectivity index (χ0) is 19.6. The molecule has 0 spiro atoms. The normalized spacial score (nSPS) is 11.4. The summed E-state index contributed by atoms with van der Waals surface area (Å²) >= 11 is 0. The lowest BCUT2D eigenvalue weighted by Crippen LogP contribution is -2.50. The van der Waals surface area contributed by atoms with E-state index in [4.69, 9.17) is 0 Å². The first kappa shape index (κ1) is 23.5. The number of carbonyl (C=O) groups is 2. The Labute approximate surface area is 154 Å². The number of urea groups is 2. The van der Waals surface area contributed by atoms with Gasteiger partial charge in [0.1, 0.15) is 0 Å². The molecule has 0 unspecified atom stereocenters. The average Bonchev–Trinajstić information content (AvgIpc) is 2.43. The molecule has 0 aromatic carbocycles. The highest BCUT2D eigenvalue weighted by Crippen LogP contribution is 2.05. The average molecular weight is 357 g/mol. The fraction of sp³-hybridized carbons (Fsp3) is 0.895. The van der Waals surface area contributed by atoms with Gasteiger partial charge in [-0.2, -0.15) is 0 Å². The Kier molecular flexibility index (Phi) is 11.3. The van der Waals surface area contributed by atoms with Crippen molar-refractivity contribution in [1.29, 1.82) is 0 Å². The summed E-state index contributed by atoms with van der Waals surface area (Å²) in [5, 5.41) is 5.63. The first-order valence-electron chi connectivity index (χ1n) is 9.58. The van der Waals surface area contributed by atoms with E-state index < -0.39 is 0 Å². The van der Waals surface area contributed by atoms with Gasteiger partial charge in [0.2, 0.25) is 0 Å². The summed E-state index contributed by atoms with van der Waals surface area (Å²) in [6.45, 7) is 19.8. The topological polar surface area (TPSA) is 64.7 Å². The molecule has 25 heavy (non-hydrogen) atoms. The Morgan fingerprint density at radius 1 is 0.600 bits per heavy atom. The SMILES string of the molecule is CC(C)CN(CC(C)C)C(=O)NCNC(=O)N(CC(C)C)CC(C)C. The largest absolute Gasteiger partial charge is 0.324 e. The molecule has 2 N–H and O–H groups in total. The third-order valence-corrected chi connectivity index (χ3v) is 3.40. The van der Waals surface area contributed by atoms with E-state index in [0.29, 0.717) is 49.9 Å². The lowest BCUT2D eigenvalue weighted by atomic mass is 10.1. The zero-order valence-electron chi connectivity index (χ0n) is 17.6. The molecular formula is C19H40N4O2. The molecule has 4 amide bonds. The zero-order valence-corrected chi connectivity index (χ0v) is 17.6. The van der Waals surface area contributed by atoms with Crippen molar-refractivity contribution < 1.29 is 9.59 Å². The van der Waals surface area contributed by atoms with E-state index in [9.17, 15) is 9.59 Å². The van der Waals surface area contributed by atoms with Crippen molar-refractivity contribution in [1.82, 2.24) is 20.4 Å². The van der Waals surface area contributed by atoms with Crippen molar-refractivity contribution in [3.63, 3.8) is 0 Å². The van der Waals surface area contributed by atoms with E-state index in [1.165, 1.54) is 0 Å². The molecule has 0 aromatic heterocycles. The van der Waals surface area contributed by atoms with Crippen LogP contribution in [0.2, 0.25) is 0 Å². The third kappa shape index (κ3) is 11.7. The van der Waals surface area contributed by atoms with Crippen molar-refractivity contribution in [3.8, 4) is 0 Å². The molecule has 148 valence electrons. The van der Waals surface area contributed by atoms with Crippen LogP contribution < -0.4 is 10.6 Å². The van der Waals surface area contributed by atoms with Crippen molar-refractivity contribution in [2.75, 3.05) is 32.8 Å². The maximum absolute atomic E-state index is 12.4. The van der Waals surface area contributed by atoms with Crippen LogP contribution in [0, 0.1) is 23.7 Å². The predicted molar refractivity (Wildman–Crippen MR) is 104 cm³/mol. The summed E-state index contributed by atoms with van der Waals surface area (Å²) in [6, 6.07) is -0.246. The standard InChI is InChI=1S/C19H40N4O2/c1-14(2)9-22(10-15(3)4)18(24)20-13-21-19(25)23(11-16(5)6)12-17(7)8/h14-17H,9-13H2,1-8H3,(H,20,24)(H,21,25). The summed E-state index contributed by atoms with van der Waals surface area (Å²) in [6.07, 6.45) is 0. The lowest BCUT2D eigenvalue weighted by Gasteiger charge is -2.28. The number of hydrogen-bond acceptors (Lipinski definition) is 2. The number of nitrogens with one attached hydrogen (secondary N) is 2. The minimum atomic E-state index is -0.123. The second-order valence-corrected chi connectivity index (χ2v) is 8.53. The van der Waals surface area contributed by atoms with Gasteiger partial charge in [0.25, 0.3) is 0 Å². The molecule has 0 saturated heterocycles. The molecule has 0 bridgehead atoms. The molecule has 0 atom stereocenters. The lowest BCUT2D eigenvalue weighted by molar-refractivity contribution is 0.175. The van der Waals surface area contributed by atoms with Gasteiger partial charge in [0.15, 0.2) is 0 Å². The van der Waals surface area contributed by atoms with Crippen LogP contribution >= 0.6 is 0 Å². The number of carbonyl (C=O) groups excluding carboxylic acids is 2. The van der Waals surface area contributed by atoms with E-state index in [1.54, 1.807) is 0 Å². The quantitative estimate of drug-likeness (QED) is 0.588. The second-order valence-electron chi connectivity index (χ2n) is 8.53. The van der Waals surface area contributed by atoms with Gasteiger partial charge in [-0.3, -0.25) is 0 Å². The van der Waals surface area contributed by atoms with Crippen molar-refractivity contribution in [2.45, 2.75) is 55.4 Å². The Morgan fingerprint density at radius 3 is 1.04 bits per heavy atom. The molecule has 6 heteroatoms. The molecule has 0 aliphatic rings. The minimum Gasteiger partial charge on any atom is -0.324 e. The number of rotatable bonds is 10. The predicted octanol–water partition coefficient (Wildman–Crippen LogP) is 3.59. The van der Waals surface area contributed by atoms with Gasteiger partial charge in [-0.25, -0.2) is 9.59 Å². The highest BCUT2D eigenvalue weighted by atomic mass is 16.2. The Bertz CT molecular complexity index is 339. The fourth-order valence-electron chi connectivity index (χ4n) is 2.66. The monoisotopic (exact) mass is 356 g/mol. The first-order valence-corrected chi connectivity index (χ1v) is 9.58. The molecule has 0 radical (unpaired) electrons. The van der Waals surface area contributed by atoms with Crippen LogP contribution in [0.4, 0.5) is 9.59 Å². The van der Waals surface area contributed by atoms with Gasteiger partial charge in [0.05, 0.1) is 6.67 Å². The Morgan fingerprint density at radius 2 is 0.840 bits per heavy atom. The minimum absolute atomic E-state index is 0.123. The third-order valence-electron chi connectivity index (χ3n) is 3.40. The smallest absolute Gasteiger partial charge is 0.318 e. The van der Waals surface area contributed by atoms with E-state index in [0.717, 1.165) is 0 Å². The van der Waals surface area contributed by atoms with E-state index in [1.807, 2.05) is 9.80 Å². The number of amides is 4. The van der Waals surface area contributed by atoms with Crippen LogP contribution in [-0.4, -0.2) is 54.7 Å². The molecule has 0 aliphatic heterocycles. The Hall–Kier alpha value is -1.46. The first-order chi connectivity index (χ1) is 11.5. The molecule has 0 heterocycles. The van der Waals surface area contributed by atoms with Gasteiger partial charge >= 0.3 is 12.1 Å². The van der Waals surface area contributed by atoms with Gasteiger partial charge in [-0.1, -0.05) is 55.4 Å². The summed E-state index contributed by atoms with van der Waals surface area (Å²) in [7, 11) is 0. The summed E-state index contributed by atoms with van der Waals surface area (Å²) in [4.78, 5) is 28.4. The summed E-state index contributed by atoms with van der Waals surface area (Å²) in [5.41, 5.74) is 0. The van der Waals surface area contributed by atoms with Crippen molar-refractivity contribution in [3.05, 3.63) is 0 Å². The van der Waals surface area contributed by atoms with Crippen LogP contribution in [-0.2, 0) is 0 Å². The molecule has 0 rings (SSSR count). The Balaban J connectivity index is 4.51. The fourth-order valence-corrected chi connectivity index (χ4v) is 2.66. The summed E-state index contributed by atoms with van der Waals surface area (Å²) in [5.74, 6) is 1.64. The van der Waals surface area contributed by atoms with Crippen molar-refractivity contribution >= 4 is 12.1 Å². The van der Waals surface area contributed by atoms with Gasteiger partial charge in [0, 0.05) is 26.2 Å². The second kappa shape index (κ2) is 12.0. The maximum Gasteiger partial charge on any atom is 0.318 e. The maximum atomic E-state index is 12.4. The van der Waals surface area contributed by atoms with E-state index in [2.05, 4.69) is 66.0 Å². The molecule has 0 fully saturated rings. The van der Waals surface area contributed by atoms with Crippen LogP contribution in [0.3, 0.4) is 0 Å². The number of hydrogen-bond donors (Lipinski definition) is 2. The van der Waals surface area contributed by atoms with Gasteiger partial charge < -0.3 is 20.4 Å². The molecular weight excluding hydrogens is 316 g/mol. The number of nitrogens with zero attached hydrogens (tertiary/aromatic N) is 2. The van der Waals surface area contributed by atoms with E-state index >= 15 is 0 Å². The van der Waals surface area contributed by atoms with Gasteiger partial charge in [-0.05, 0) is 23.7 Å². The molecule has 0 aliphatic carbocycles.